The van der Waals surface area contributed by atoms with Gasteiger partial charge in [-0.1, -0.05) is 12.1 Å². The third-order valence-electron chi connectivity index (χ3n) is 5.11. The topological polar surface area (TPSA) is 61.6 Å². The zero-order valence-corrected chi connectivity index (χ0v) is 16.4. The molecule has 0 bridgehead atoms. The van der Waals surface area contributed by atoms with Crippen molar-refractivity contribution in [2.75, 3.05) is 37.4 Å². The van der Waals surface area contributed by atoms with Crippen LogP contribution in [0.4, 0.5) is 16.1 Å². The molecule has 0 saturated carbocycles. The molecule has 1 aliphatic rings. The summed E-state index contributed by atoms with van der Waals surface area (Å²) < 4.78 is 18.8. The van der Waals surface area contributed by atoms with Crippen LogP contribution in [-0.4, -0.2) is 49.0 Å². The number of nitrogens with one attached hydrogen (secondary N) is 1. The molecule has 7 heteroatoms. The molecule has 0 unspecified atom stereocenters. The van der Waals surface area contributed by atoms with E-state index in [0.717, 1.165) is 25.1 Å². The number of rotatable bonds is 5. The number of fused-ring (bicyclic) bond motifs is 1. The zero-order valence-electron chi connectivity index (χ0n) is 16.4. The lowest BCUT2D eigenvalue weighted by Crippen LogP contribution is -2.31. The van der Waals surface area contributed by atoms with Gasteiger partial charge in [-0.15, -0.1) is 0 Å². The van der Waals surface area contributed by atoms with Gasteiger partial charge in [-0.2, -0.15) is 4.98 Å². The van der Waals surface area contributed by atoms with Gasteiger partial charge in [0.05, 0.1) is 0 Å². The number of carbonyl (C=O) groups excluding carboxylic acids is 1. The van der Waals surface area contributed by atoms with E-state index in [1.165, 1.54) is 18.2 Å². The van der Waals surface area contributed by atoms with E-state index in [-0.39, 0.29) is 11.7 Å². The van der Waals surface area contributed by atoms with Gasteiger partial charge < -0.3 is 19.5 Å². The van der Waals surface area contributed by atoms with Crippen LogP contribution in [0.5, 0.6) is 0 Å². The molecule has 0 spiro atoms. The maximum atomic E-state index is 12.9. The van der Waals surface area contributed by atoms with E-state index >= 15 is 0 Å². The zero-order chi connectivity index (χ0) is 20.4. The van der Waals surface area contributed by atoms with Gasteiger partial charge in [0, 0.05) is 30.9 Å². The highest BCUT2D eigenvalue weighted by Crippen LogP contribution is 2.27. The summed E-state index contributed by atoms with van der Waals surface area (Å²) in [5, 5.41) is 2.81. The van der Waals surface area contributed by atoms with Crippen LogP contribution in [0.3, 0.4) is 0 Å². The summed E-state index contributed by atoms with van der Waals surface area (Å²) >= 11 is 0. The summed E-state index contributed by atoms with van der Waals surface area (Å²) in [7, 11) is 4.17. The Morgan fingerprint density at radius 3 is 2.79 bits per heavy atom. The minimum Gasteiger partial charge on any atom is -0.423 e. The lowest BCUT2D eigenvalue weighted by atomic mass is 10.2. The number of aromatic nitrogens is 1. The third-order valence-corrected chi connectivity index (χ3v) is 5.11. The van der Waals surface area contributed by atoms with Crippen molar-refractivity contribution < 1.29 is 13.6 Å². The predicted molar refractivity (Wildman–Crippen MR) is 112 cm³/mol. The van der Waals surface area contributed by atoms with Gasteiger partial charge in [0.1, 0.15) is 11.3 Å². The lowest BCUT2D eigenvalue weighted by molar-refractivity contribution is -0.111. The maximum absolute atomic E-state index is 12.9. The average Bonchev–Trinajstić information content (AvgIpc) is 3.34. The molecule has 150 valence electrons. The molecule has 1 fully saturated rings. The van der Waals surface area contributed by atoms with Crippen molar-refractivity contribution in [3.05, 3.63) is 59.9 Å². The third kappa shape index (κ3) is 4.46. The maximum Gasteiger partial charge on any atom is 0.298 e. The van der Waals surface area contributed by atoms with Crippen molar-refractivity contribution in [2.45, 2.75) is 12.5 Å². The minimum atomic E-state index is -0.307. The first-order valence-electron chi connectivity index (χ1n) is 9.54. The summed E-state index contributed by atoms with van der Waals surface area (Å²) in [5.74, 6) is -0.580. The number of halogens is 1. The minimum absolute atomic E-state index is 0.272. The predicted octanol–water partition coefficient (Wildman–Crippen LogP) is 3.76. The second kappa shape index (κ2) is 8.05. The van der Waals surface area contributed by atoms with Crippen LogP contribution in [0, 0.1) is 5.82 Å². The molecular weight excluding hydrogens is 371 g/mol. The second-order valence-electron chi connectivity index (χ2n) is 7.41. The van der Waals surface area contributed by atoms with E-state index in [2.05, 4.69) is 34.2 Å². The average molecular weight is 394 g/mol. The molecule has 0 radical (unpaired) electrons. The van der Waals surface area contributed by atoms with E-state index in [0.29, 0.717) is 28.8 Å². The van der Waals surface area contributed by atoms with Gasteiger partial charge >= 0.3 is 0 Å². The van der Waals surface area contributed by atoms with E-state index in [4.69, 9.17) is 4.42 Å². The van der Waals surface area contributed by atoms with Crippen LogP contribution >= 0.6 is 0 Å². The number of nitrogens with zero attached hydrogens (tertiary/aromatic N) is 3. The van der Waals surface area contributed by atoms with Crippen molar-refractivity contribution in [3.63, 3.8) is 0 Å². The molecule has 29 heavy (non-hydrogen) atoms. The summed E-state index contributed by atoms with van der Waals surface area (Å²) in [6, 6.07) is 12.4. The molecule has 1 aromatic heterocycles. The van der Waals surface area contributed by atoms with Crippen LogP contribution in [0.15, 0.2) is 53.0 Å². The number of hydrogen-bond donors (Lipinski definition) is 1. The summed E-state index contributed by atoms with van der Waals surface area (Å²) in [4.78, 5) is 21.1. The molecule has 3 aromatic rings. The number of amides is 1. The molecule has 4 rings (SSSR count). The van der Waals surface area contributed by atoms with Gasteiger partial charge in [-0.25, -0.2) is 4.39 Å². The van der Waals surface area contributed by atoms with Crippen molar-refractivity contribution in [1.29, 1.82) is 0 Å². The summed E-state index contributed by atoms with van der Waals surface area (Å²) in [5.41, 5.74) is 2.78. The Morgan fingerprint density at radius 1 is 1.28 bits per heavy atom. The Morgan fingerprint density at radius 2 is 2.07 bits per heavy atom. The molecule has 1 N–H and O–H groups in total. The molecule has 0 aliphatic carbocycles. The highest BCUT2D eigenvalue weighted by Gasteiger charge is 2.27. The first-order valence-corrected chi connectivity index (χ1v) is 9.54. The number of likely N-dealkylation sites (N-methyl/N-ethyl adjacent to an activating group) is 1. The fraction of sp³-hybridized carbons (Fsp3) is 0.273. The Kier molecular flexibility index (Phi) is 5.31. The Hall–Kier alpha value is -3.19. The summed E-state index contributed by atoms with van der Waals surface area (Å²) in [6.07, 6.45) is 4.13. The lowest BCUT2D eigenvalue weighted by Gasteiger charge is -2.19. The molecular formula is C22H23FN4O2. The van der Waals surface area contributed by atoms with Crippen molar-refractivity contribution >= 4 is 34.8 Å². The number of oxazole rings is 1. The first kappa shape index (κ1) is 19.1. The van der Waals surface area contributed by atoms with Crippen LogP contribution < -0.4 is 10.2 Å². The molecule has 2 aromatic carbocycles. The molecule has 1 amide bonds. The number of anilines is 2. The highest BCUT2D eigenvalue weighted by atomic mass is 19.1. The van der Waals surface area contributed by atoms with E-state index in [1.54, 1.807) is 30.3 Å². The smallest absolute Gasteiger partial charge is 0.298 e. The molecule has 1 saturated heterocycles. The van der Waals surface area contributed by atoms with Gasteiger partial charge in [-0.3, -0.25) is 4.79 Å². The van der Waals surface area contributed by atoms with E-state index in [1.807, 2.05) is 6.07 Å². The van der Waals surface area contributed by atoms with Crippen LogP contribution in [-0.2, 0) is 4.79 Å². The molecule has 6 nitrogen and oxygen atoms in total. The van der Waals surface area contributed by atoms with E-state index in [9.17, 15) is 9.18 Å². The standard InChI is InChI=1S/C22H23FN4O2/c1-26(2)18-11-12-27(14-18)22-25-19-13-17(8-9-20(19)29-22)24-21(28)10-5-15-3-6-16(23)7-4-15/h3-10,13,18H,11-12,14H2,1-2H3,(H,24,28)/b10-5+/t18-/m1/s1. The SMILES string of the molecule is CN(C)[C@@H]1CCN(c2nc3cc(NC(=O)/C=C/c4ccc(F)cc4)ccc3o2)C1. The first-order chi connectivity index (χ1) is 14.0. The Bertz CT molecular complexity index is 1040. The van der Waals surface area contributed by atoms with Gasteiger partial charge in [-0.05, 0) is 62.5 Å². The number of benzene rings is 2. The van der Waals surface area contributed by atoms with Crippen molar-refractivity contribution in [2.24, 2.45) is 0 Å². The van der Waals surface area contributed by atoms with Crippen molar-refractivity contribution in [1.82, 2.24) is 9.88 Å². The Balaban J connectivity index is 1.43. The highest BCUT2D eigenvalue weighted by molar-refractivity contribution is 6.02. The van der Waals surface area contributed by atoms with Crippen molar-refractivity contribution in [3.8, 4) is 0 Å². The number of carbonyl (C=O) groups is 1. The van der Waals surface area contributed by atoms with Gasteiger partial charge in [0.2, 0.25) is 5.91 Å². The normalized spacial score (nSPS) is 17.0. The molecule has 2 heterocycles. The number of hydrogen-bond acceptors (Lipinski definition) is 5. The molecule has 1 aliphatic heterocycles. The summed E-state index contributed by atoms with van der Waals surface area (Å²) in [6.45, 7) is 1.80. The van der Waals surface area contributed by atoms with Gasteiger partial charge in [0.25, 0.3) is 6.01 Å². The van der Waals surface area contributed by atoms with Crippen LogP contribution in [0.2, 0.25) is 0 Å². The monoisotopic (exact) mass is 394 g/mol. The fourth-order valence-corrected chi connectivity index (χ4v) is 3.40. The fourth-order valence-electron chi connectivity index (χ4n) is 3.40. The Labute approximate surface area is 168 Å². The second-order valence-corrected chi connectivity index (χ2v) is 7.41. The van der Waals surface area contributed by atoms with Gasteiger partial charge in [0.15, 0.2) is 5.58 Å². The van der Waals surface area contributed by atoms with Crippen LogP contribution in [0.1, 0.15) is 12.0 Å². The van der Waals surface area contributed by atoms with Crippen LogP contribution in [0.25, 0.3) is 17.2 Å². The quantitative estimate of drug-likeness (QED) is 0.668. The molecule has 1 atom stereocenters. The largest absolute Gasteiger partial charge is 0.423 e. The van der Waals surface area contributed by atoms with E-state index < -0.39 is 0 Å².